The maximum atomic E-state index is 13.0. The molecule has 3 N–H and O–H groups in total. The van der Waals surface area contributed by atoms with Gasteiger partial charge in [0.2, 0.25) is 5.95 Å². The van der Waals surface area contributed by atoms with Gasteiger partial charge < -0.3 is 10.5 Å². The van der Waals surface area contributed by atoms with Crippen LogP contribution in [0.25, 0.3) is 22.3 Å². The minimum absolute atomic E-state index is 0.149. The Kier molecular flexibility index (Phi) is 3.12. The van der Waals surface area contributed by atoms with E-state index >= 15 is 0 Å². The van der Waals surface area contributed by atoms with Crippen LogP contribution in [0.2, 0.25) is 0 Å². The van der Waals surface area contributed by atoms with Gasteiger partial charge in [-0.15, -0.1) is 0 Å². The second-order valence-corrected chi connectivity index (χ2v) is 5.58. The third-order valence-corrected chi connectivity index (χ3v) is 4.08. The summed E-state index contributed by atoms with van der Waals surface area (Å²) in [6.07, 6.45) is 2.96. The summed E-state index contributed by atoms with van der Waals surface area (Å²) in [4.78, 5) is 21.5. The molecule has 23 heavy (non-hydrogen) atoms. The van der Waals surface area contributed by atoms with E-state index in [-0.39, 0.29) is 17.7 Å². The van der Waals surface area contributed by atoms with Gasteiger partial charge in [-0.25, -0.2) is 4.98 Å². The van der Waals surface area contributed by atoms with Gasteiger partial charge in [0.25, 0.3) is 5.56 Å². The summed E-state index contributed by atoms with van der Waals surface area (Å²) in [5.74, 6) is 0.149. The van der Waals surface area contributed by atoms with Crippen molar-refractivity contribution < 1.29 is 4.74 Å². The molecule has 0 spiro atoms. The van der Waals surface area contributed by atoms with Gasteiger partial charge in [0.1, 0.15) is 6.23 Å². The van der Waals surface area contributed by atoms with E-state index in [0.29, 0.717) is 23.5 Å². The molecule has 0 aliphatic carbocycles. The molecule has 0 radical (unpaired) electrons. The van der Waals surface area contributed by atoms with Crippen molar-refractivity contribution >= 4 is 17.0 Å². The van der Waals surface area contributed by atoms with Crippen LogP contribution in [0, 0.1) is 6.92 Å². The molecule has 1 aliphatic rings. The van der Waals surface area contributed by atoms with Gasteiger partial charge >= 0.3 is 0 Å². The third kappa shape index (κ3) is 2.18. The van der Waals surface area contributed by atoms with E-state index in [0.717, 1.165) is 23.9 Å². The fourth-order valence-corrected chi connectivity index (χ4v) is 3.00. The van der Waals surface area contributed by atoms with Gasteiger partial charge in [0, 0.05) is 18.2 Å². The van der Waals surface area contributed by atoms with Gasteiger partial charge in [0.05, 0.1) is 17.0 Å². The summed E-state index contributed by atoms with van der Waals surface area (Å²) < 4.78 is 7.30. The number of rotatable bonds is 2. The first-order valence-corrected chi connectivity index (χ1v) is 7.46. The third-order valence-electron chi connectivity index (χ3n) is 4.08. The maximum Gasteiger partial charge on any atom is 0.263 e. The number of nitrogens with zero attached hydrogens (tertiary/aromatic N) is 4. The lowest BCUT2D eigenvalue weighted by atomic mass is 10.1. The van der Waals surface area contributed by atoms with E-state index < -0.39 is 0 Å². The number of hydrogen-bond acceptors (Lipinski definition) is 6. The molecule has 0 unspecified atom stereocenters. The maximum absolute atomic E-state index is 13.0. The molecule has 0 amide bonds. The van der Waals surface area contributed by atoms with Crippen LogP contribution in [0.5, 0.6) is 0 Å². The smallest absolute Gasteiger partial charge is 0.263 e. The molecule has 4 rings (SSSR count). The molecule has 1 atom stereocenters. The number of fused-ring (bicyclic) bond motifs is 1. The van der Waals surface area contributed by atoms with E-state index in [1.165, 1.54) is 0 Å². The number of aromatic amines is 1. The van der Waals surface area contributed by atoms with Crippen molar-refractivity contribution in [2.24, 2.45) is 0 Å². The zero-order valence-corrected chi connectivity index (χ0v) is 12.6. The van der Waals surface area contributed by atoms with E-state index in [1.54, 1.807) is 22.9 Å². The summed E-state index contributed by atoms with van der Waals surface area (Å²) in [7, 11) is 0. The number of aromatic nitrogens is 5. The summed E-state index contributed by atoms with van der Waals surface area (Å²) in [6.45, 7) is 2.48. The lowest BCUT2D eigenvalue weighted by molar-refractivity contribution is 0.0571. The SMILES string of the molecule is Cc1nc(N)nc2c1cc(-c1ccn[nH]1)c(=O)n2[C@@H]1CCCO1. The van der Waals surface area contributed by atoms with Crippen molar-refractivity contribution in [1.29, 1.82) is 0 Å². The first-order valence-electron chi connectivity index (χ1n) is 7.46. The first kappa shape index (κ1) is 13.9. The first-order chi connectivity index (χ1) is 11.1. The van der Waals surface area contributed by atoms with Crippen LogP contribution in [-0.4, -0.2) is 31.3 Å². The van der Waals surface area contributed by atoms with E-state index in [2.05, 4.69) is 20.2 Å². The Labute approximate surface area is 131 Å². The number of nitrogens with one attached hydrogen (secondary N) is 1. The van der Waals surface area contributed by atoms with Crippen LogP contribution >= 0.6 is 0 Å². The molecule has 118 valence electrons. The molecule has 0 bridgehead atoms. The lowest BCUT2D eigenvalue weighted by Gasteiger charge is -2.18. The highest BCUT2D eigenvalue weighted by molar-refractivity contribution is 5.83. The zero-order valence-electron chi connectivity index (χ0n) is 12.6. The number of anilines is 1. The largest absolute Gasteiger partial charge is 0.368 e. The van der Waals surface area contributed by atoms with Crippen LogP contribution in [-0.2, 0) is 4.74 Å². The minimum atomic E-state index is -0.332. The van der Waals surface area contributed by atoms with Gasteiger partial charge in [-0.1, -0.05) is 0 Å². The van der Waals surface area contributed by atoms with E-state index in [1.807, 2.05) is 6.92 Å². The van der Waals surface area contributed by atoms with Crippen molar-refractivity contribution in [3.8, 4) is 11.3 Å². The number of nitrogens with two attached hydrogens (primary N) is 1. The standard InChI is InChI=1S/C15H16N6O2/c1-8-9-7-10(11-4-5-17-20-11)14(22)21(12-3-2-6-23-12)13(9)19-15(16)18-8/h4-5,7,12H,2-3,6H2,1H3,(H,17,20)(H2,16,18,19)/t12-/m0/s1. The second kappa shape index (κ2) is 5.17. The number of hydrogen-bond donors (Lipinski definition) is 2. The average Bonchev–Trinajstić information content (AvgIpc) is 3.20. The molecule has 3 aromatic rings. The molecule has 1 aliphatic heterocycles. The Hall–Kier alpha value is -2.74. The van der Waals surface area contributed by atoms with Crippen LogP contribution in [0.1, 0.15) is 24.8 Å². The Morgan fingerprint density at radius 3 is 3.00 bits per heavy atom. The summed E-state index contributed by atoms with van der Waals surface area (Å²) >= 11 is 0. The molecular weight excluding hydrogens is 296 g/mol. The highest BCUT2D eigenvalue weighted by Crippen LogP contribution is 2.28. The van der Waals surface area contributed by atoms with Crippen LogP contribution in [0.4, 0.5) is 5.95 Å². The second-order valence-electron chi connectivity index (χ2n) is 5.58. The minimum Gasteiger partial charge on any atom is -0.368 e. The zero-order chi connectivity index (χ0) is 16.0. The van der Waals surface area contributed by atoms with Gasteiger partial charge in [-0.05, 0) is 31.9 Å². The monoisotopic (exact) mass is 312 g/mol. The van der Waals surface area contributed by atoms with Gasteiger partial charge in [-0.3, -0.25) is 14.5 Å². The van der Waals surface area contributed by atoms with Crippen molar-refractivity contribution in [1.82, 2.24) is 24.7 Å². The highest BCUT2D eigenvalue weighted by atomic mass is 16.5. The molecule has 8 heteroatoms. The summed E-state index contributed by atoms with van der Waals surface area (Å²) in [5.41, 5.74) is 8.01. The van der Waals surface area contributed by atoms with E-state index in [4.69, 9.17) is 10.5 Å². The Balaban J connectivity index is 2.10. The van der Waals surface area contributed by atoms with Crippen molar-refractivity contribution in [2.75, 3.05) is 12.3 Å². The molecule has 3 aromatic heterocycles. The quantitative estimate of drug-likeness (QED) is 0.739. The predicted molar refractivity (Wildman–Crippen MR) is 84.8 cm³/mol. The molecule has 0 aromatic carbocycles. The Morgan fingerprint density at radius 2 is 2.30 bits per heavy atom. The van der Waals surface area contributed by atoms with E-state index in [9.17, 15) is 4.79 Å². The van der Waals surface area contributed by atoms with Gasteiger partial charge in [0.15, 0.2) is 5.65 Å². The molecule has 1 fully saturated rings. The van der Waals surface area contributed by atoms with Crippen molar-refractivity contribution in [2.45, 2.75) is 26.0 Å². The summed E-state index contributed by atoms with van der Waals surface area (Å²) in [5, 5.41) is 7.54. The topological polar surface area (TPSA) is 112 Å². The Morgan fingerprint density at radius 1 is 1.43 bits per heavy atom. The lowest BCUT2D eigenvalue weighted by Crippen LogP contribution is -2.27. The van der Waals surface area contributed by atoms with Crippen molar-refractivity contribution in [3.63, 3.8) is 0 Å². The number of nitrogen functional groups attached to an aromatic ring is 1. The number of ether oxygens (including phenoxy) is 1. The molecular formula is C15H16N6O2. The van der Waals surface area contributed by atoms with Crippen LogP contribution < -0.4 is 11.3 Å². The Bertz CT molecular complexity index is 925. The number of H-pyrrole nitrogens is 1. The highest BCUT2D eigenvalue weighted by Gasteiger charge is 2.24. The molecule has 1 saturated heterocycles. The average molecular weight is 312 g/mol. The number of pyridine rings is 1. The number of aryl methyl sites for hydroxylation is 1. The summed E-state index contributed by atoms with van der Waals surface area (Å²) in [6, 6.07) is 3.54. The molecule has 0 saturated carbocycles. The molecule has 8 nitrogen and oxygen atoms in total. The van der Waals surface area contributed by atoms with Gasteiger partial charge in [-0.2, -0.15) is 10.1 Å². The normalized spacial score (nSPS) is 17.9. The van der Waals surface area contributed by atoms with Crippen molar-refractivity contribution in [3.05, 3.63) is 34.4 Å². The van der Waals surface area contributed by atoms with Crippen LogP contribution in [0.3, 0.4) is 0 Å². The fourth-order valence-electron chi connectivity index (χ4n) is 3.00. The van der Waals surface area contributed by atoms with Crippen LogP contribution in [0.15, 0.2) is 23.1 Å². The fraction of sp³-hybridized carbons (Fsp3) is 0.333. The predicted octanol–water partition coefficient (Wildman–Crippen LogP) is 1.38. The molecule has 4 heterocycles.